The van der Waals surface area contributed by atoms with Crippen LogP contribution < -0.4 is 0 Å². The Bertz CT molecular complexity index is 1090. The third-order valence-corrected chi connectivity index (χ3v) is 6.82. The summed E-state index contributed by atoms with van der Waals surface area (Å²) in [6, 6.07) is 7.60. The molecule has 2 aromatic heterocycles. The minimum absolute atomic E-state index is 0.0353. The lowest BCUT2D eigenvalue weighted by Crippen LogP contribution is -2.40. The van der Waals surface area contributed by atoms with Gasteiger partial charge in [0.2, 0.25) is 15.8 Å². The number of thiophene rings is 1. The fourth-order valence-corrected chi connectivity index (χ4v) is 4.83. The molecule has 0 spiro atoms. The summed E-state index contributed by atoms with van der Waals surface area (Å²) in [5, 5.41) is 7.53. The molecular formula is C18H17N3O6S2. The van der Waals surface area contributed by atoms with Crippen LogP contribution in [-0.2, 0) is 26.1 Å². The van der Waals surface area contributed by atoms with Crippen molar-refractivity contribution in [2.45, 2.75) is 11.5 Å². The predicted molar refractivity (Wildman–Crippen MR) is 103 cm³/mol. The number of rotatable bonds is 6. The van der Waals surface area contributed by atoms with Gasteiger partial charge in [0.15, 0.2) is 6.61 Å². The number of carbonyl (C=O) groups excluding carboxylic acids is 1. The van der Waals surface area contributed by atoms with Crippen LogP contribution in [0, 0.1) is 0 Å². The lowest BCUT2D eigenvalue weighted by atomic mass is 10.2. The zero-order chi connectivity index (χ0) is 20.3. The van der Waals surface area contributed by atoms with E-state index in [9.17, 15) is 13.2 Å². The Hall–Kier alpha value is -2.60. The minimum Gasteiger partial charge on any atom is -0.454 e. The molecule has 9 nitrogen and oxygen atoms in total. The summed E-state index contributed by atoms with van der Waals surface area (Å²) in [5.41, 5.74) is 0.919. The number of hydrogen-bond donors (Lipinski definition) is 0. The molecule has 1 aliphatic heterocycles. The monoisotopic (exact) mass is 435 g/mol. The predicted octanol–water partition coefficient (Wildman–Crippen LogP) is 2.18. The van der Waals surface area contributed by atoms with Crippen molar-refractivity contribution >= 4 is 27.3 Å². The molecule has 1 aliphatic rings. The van der Waals surface area contributed by atoms with E-state index >= 15 is 0 Å². The molecule has 152 valence electrons. The molecule has 1 saturated heterocycles. The van der Waals surface area contributed by atoms with Gasteiger partial charge in [-0.05, 0) is 29.6 Å². The normalized spacial score (nSPS) is 15.3. The maximum absolute atomic E-state index is 12.7. The molecule has 0 N–H and O–H groups in total. The highest BCUT2D eigenvalue weighted by molar-refractivity contribution is 7.89. The van der Waals surface area contributed by atoms with E-state index in [4.69, 9.17) is 14.0 Å². The Balaban J connectivity index is 1.43. The van der Waals surface area contributed by atoms with Gasteiger partial charge in [-0.15, -0.1) is 0 Å². The van der Waals surface area contributed by atoms with Gasteiger partial charge >= 0.3 is 5.97 Å². The van der Waals surface area contributed by atoms with Crippen LogP contribution in [0.4, 0.5) is 0 Å². The number of aromatic nitrogens is 2. The number of hydrogen-bond acceptors (Lipinski definition) is 9. The molecule has 1 aromatic carbocycles. The Morgan fingerprint density at radius 1 is 1.24 bits per heavy atom. The summed E-state index contributed by atoms with van der Waals surface area (Å²) < 4.78 is 42.4. The third kappa shape index (κ3) is 4.37. The standard InChI is InChI=1S/C18H17N3O6S2/c22-18(26-11-16-19-17(27-20-16)14-4-9-28-12-14)13-2-1-3-15(10-13)29(23,24)21-5-7-25-8-6-21/h1-4,9-10,12H,5-8,11H2. The first-order valence-electron chi connectivity index (χ1n) is 8.74. The molecule has 1 fully saturated rings. The smallest absolute Gasteiger partial charge is 0.338 e. The van der Waals surface area contributed by atoms with Crippen LogP contribution in [0.1, 0.15) is 16.2 Å². The van der Waals surface area contributed by atoms with Gasteiger partial charge in [-0.1, -0.05) is 11.2 Å². The second-order valence-corrected chi connectivity index (χ2v) is 8.87. The van der Waals surface area contributed by atoms with Crippen LogP contribution in [0.5, 0.6) is 0 Å². The topological polar surface area (TPSA) is 112 Å². The molecule has 0 bridgehead atoms. The van der Waals surface area contributed by atoms with E-state index in [2.05, 4.69) is 10.1 Å². The average Bonchev–Trinajstić information content (AvgIpc) is 3.44. The molecule has 3 heterocycles. The Kier molecular flexibility index (Phi) is 5.72. The lowest BCUT2D eigenvalue weighted by Gasteiger charge is -2.26. The van der Waals surface area contributed by atoms with Gasteiger partial charge in [0, 0.05) is 18.5 Å². The van der Waals surface area contributed by atoms with Gasteiger partial charge in [0.05, 0.1) is 29.2 Å². The molecule has 0 radical (unpaired) electrons. The van der Waals surface area contributed by atoms with Gasteiger partial charge in [-0.25, -0.2) is 13.2 Å². The number of carbonyl (C=O) groups is 1. The fraction of sp³-hybridized carbons (Fsp3) is 0.278. The van der Waals surface area contributed by atoms with Crippen molar-refractivity contribution in [3.8, 4) is 11.5 Å². The number of ether oxygens (including phenoxy) is 2. The number of esters is 1. The molecule has 0 saturated carbocycles. The van der Waals surface area contributed by atoms with Crippen molar-refractivity contribution in [3.05, 3.63) is 52.5 Å². The maximum atomic E-state index is 12.7. The van der Waals surface area contributed by atoms with Crippen LogP contribution >= 0.6 is 11.3 Å². The average molecular weight is 435 g/mol. The van der Waals surface area contributed by atoms with E-state index in [-0.39, 0.29) is 36.0 Å². The molecule has 29 heavy (non-hydrogen) atoms. The van der Waals surface area contributed by atoms with Crippen molar-refractivity contribution in [2.75, 3.05) is 26.3 Å². The van der Waals surface area contributed by atoms with Crippen LogP contribution in [0.15, 0.2) is 50.5 Å². The Morgan fingerprint density at radius 3 is 2.83 bits per heavy atom. The molecule has 4 rings (SSSR count). The van der Waals surface area contributed by atoms with Gasteiger partial charge < -0.3 is 14.0 Å². The van der Waals surface area contributed by atoms with Gasteiger partial charge in [-0.2, -0.15) is 20.6 Å². The molecule has 0 unspecified atom stereocenters. The van der Waals surface area contributed by atoms with E-state index < -0.39 is 16.0 Å². The van der Waals surface area contributed by atoms with Crippen molar-refractivity contribution in [1.29, 1.82) is 0 Å². The van der Waals surface area contributed by atoms with Crippen LogP contribution in [-0.4, -0.2) is 55.1 Å². The highest BCUT2D eigenvalue weighted by Gasteiger charge is 2.27. The number of morpholine rings is 1. The Morgan fingerprint density at radius 2 is 2.07 bits per heavy atom. The van der Waals surface area contributed by atoms with Gasteiger partial charge in [0.1, 0.15) is 0 Å². The lowest BCUT2D eigenvalue weighted by molar-refractivity contribution is 0.0459. The largest absolute Gasteiger partial charge is 0.454 e. The first kappa shape index (κ1) is 19.7. The molecule has 3 aromatic rings. The quantitative estimate of drug-likeness (QED) is 0.542. The van der Waals surface area contributed by atoms with E-state index in [1.165, 1.54) is 39.9 Å². The number of nitrogens with zero attached hydrogens (tertiary/aromatic N) is 3. The van der Waals surface area contributed by atoms with E-state index in [1.54, 1.807) is 0 Å². The number of sulfonamides is 1. The highest BCUT2D eigenvalue weighted by Crippen LogP contribution is 2.21. The van der Waals surface area contributed by atoms with Gasteiger partial charge in [0.25, 0.3) is 5.89 Å². The zero-order valence-electron chi connectivity index (χ0n) is 15.2. The molecule has 0 amide bonds. The van der Waals surface area contributed by atoms with Gasteiger partial charge in [-0.3, -0.25) is 0 Å². The van der Waals surface area contributed by atoms with E-state index in [0.717, 1.165) is 5.56 Å². The summed E-state index contributed by atoms with van der Waals surface area (Å²) in [4.78, 5) is 16.6. The van der Waals surface area contributed by atoms with Crippen molar-refractivity contribution in [1.82, 2.24) is 14.4 Å². The van der Waals surface area contributed by atoms with Crippen LogP contribution in [0.3, 0.4) is 0 Å². The van der Waals surface area contributed by atoms with E-state index in [0.29, 0.717) is 19.1 Å². The van der Waals surface area contributed by atoms with Crippen LogP contribution in [0.25, 0.3) is 11.5 Å². The first-order chi connectivity index (χ1) is 14.0. The zero-order valence-corrected chi connectivity index (χ0v) is 16.8. The second kappa shape index (κ2) is 8.41. The Labute approximate surface area is 170 Å². The number of benzene rings is 1. The highest BCUT2D eigenvalue weighted by atomic mass is 32.2. The van der Waals surface area contributed by atoms with Crippen molar-refractivity contribution in [2.24, 2.45) is 0 Å². The summed E-state index contributed by atoms with van der Waals surface area (Å²) in [7, 11) is -3.70. The summed E-state index contributed by atoms with van der Waals surface area (Å²) >= 11 is 1.50. The summed E-state index contributed by atoms with van der Waals surface area (Å²) in [5.74, 6) is -0.113. The molecule has 0 atom stereocenters. The summed E-state index contributed by atoms with van der Waals surface area (Å²) in [6.45, 7) is 1.06. The van der Waals surface area contributed by atoms with Crippen molar-refractivity contribution < 1.29 is 27.2 Å². The maximum Gasteiger partial charge on any atom is 0.338 e. The fourth-order valence-electron chi connectivity index (χ4n) is 2.75. The third-order valence-electron chi connectivity index (χ3n) is 4.25. The summed E-state index contributed by atoms with van der Waals surface area (Å²) in [6.07, 6.45) is 0. The van der Waals surface area contributed by atoms with Crippen LogP contribution in [0.2, 0.25) is 0 Å². The second-order valence-electron chi connectivity index (χ2n) is 6.15. The van der Waals surface area contributed by atoms with E-state index in [1.807, 2.05) is 16.8 Å². The molecule has 11 heteroatoms. The minimum atomic E-state index is -3.70. The molecule has 0 aliphatic carbocycles. The van der Waals surface area contributed by atoms with Crippen molar-refractivity contribution in [3.63, 3.8) is 0 Å². The first-order valence-corrected chi connectivity index (χ1v) is 11.1. The molecular weight excluding hydrogens is 418 g/mol. The SMILES string of the molecule is O=C(OCc1noc(-c2ccsc2)n1)c1cccc(S(=O)(=O)N2CCOCC2)c1.